The number of carbonyl (C=O) groups is 1. The fourth-order valence-corrected chi connectivity index (χ4v) is 7.88. The van der Waals surface area contributed by atoms with Crippen molar-refractivity contribution in [1.29, 1.82) is 0 Å². The number of aromatic nitrogens is 3. The van der Waals surface area contributed by atoms with Gasteiger partial charge >= 0.3 is 0 Å². The van der Waals surface area contributed by atoms with Crippen molar-refractivity contribution >= 4 is 55.2 Å². The second-order valence-electron chi connectivity index (χ2n) is 11.2. The Balaban J connectivity index is 1.26. The van der Waals surface area contributed by atoms with E-state index < -0.39 is 10.0 Å². The maximum Gasteiger partial charge on any atom is 0.270 e. The van der Waals surface area contributed by atoms with E-state index in [1.807, 2.05) is 40.8 Å². The third-order valence-corrected chi connectivity index (χ3v) is 10.4. The Morgan fingerprint density at radius 3 is 2.31 bits per heavy atom. The largest absolute Gasteiger partial charge is 0.356 e. The summed E-state index contributed by atoms with van der Waals surface area (Å²) in [4.78, 5) is 24.2. The number of rotatable bonds is 7. The lowest BCUT2D eigenvalue weighted by Gasteiger charge is -2.33. The van der Waals surface area contributed by atoms with Gasteiger partial charge in [0.2, 0.25) is 0 Å². The number of anilines is 1. The first-order chi connectivity index (χ1) is 18.6. The molecule has 1 aliphatic rings. The molecule has 0 spiro atoms. The number of nitrogens with zero attached hydrogens (tertiary/aromatic N) is 4. The molecule has 2 aromatic heterocycles. The summed E-state index contributed by atoms with van der Waals surface area (Å²) in [5, 5.41) is 0.730. The number of hydrogen-bond donors (Lipinski definition) is 0. The molecule has 0 saturated carbocycles. The van der Waals surface area contributed by atoms with Gasteiger partial charge in [-0.3, -0.25) is 4.79 Å². The van der Waals surface area contributed by atoms with Crippen LogP contribution >= 0.6 is 22.6 Å². The molecular formula is C30H33IN4O3S. The van der Waals surface area contributed by atoms with Gasteiger partial charge in [0, 0.05) is 25.1 Å². The van der Waals surface area contributed by atoms with Crippen molar-refractivity contribution < 1.29 is 13.2 Å². The van der Waals surface area contributed by atoms with Crippen LogP contribution < -0.4 is 4.90 Å². The van der Waals surface area contributed by atoms with Gasteiger partial charge in [0.05, 0.1) is 14.0 Å². The van der Waals surface area contributed by atoms with Crippen LogP contribution in [0.2, 0.25) is 0 Å². The minimum atomic E-state index is -3.79. The maximum atomic E-state index is 13.4. The second-order valence-corrected chi connectivity index (χ2v) is 14.1. The summed E-state index contributed by atoms with van der Waals surface area (Å²) in [7, 11) is -3.79. The zero-order valence-electron chi connectivity index (χ0n) is 22.5. The lowest BCUT2D eigenvalue weighted by Crippen LogP contribution is -2.34. The van der Waals surface area contributed by atoms with Crippen molar-refractivity contribution in [2.24, 2.45) is 5.92 Å². The minimum Gasteiger partial charge on any atom is -0.356 e. The van der Waals surface area contributed by atoms with Gasteiger partial charge in [-0.1, -0.05) is 63.2 Å². The summed E-state index contributed by atoms with van der Waals surface area (Å²) in [5.41, 5.74) is 2.47. The molecular weight excluding hydrogens is 623 g/mol. The van der Waals surface area contributed by atoms with Crippen LogP contribution in [-0.2, 0) is 15.4 Å². The average molecular weight is 657 g/mol. The van der Waals surface area contributed by atoms with Crippen molar-refractivity contribution in [1.82, 2.24) is 13.9 Å². The maximum absolute atomic E-state index is 13.4. The first-order valence-electron chi connectivity index (χ1n) is 13.3. The summed E-state index contributed by atoms with van der Waals surface area (Å²) in [6, 6.07) is 18.3. The lowest BCUT2D eigenvalue weighted by atomic mass is 9.86. The van der Waals surface area contributed by atoms with Gasteiger partial charge in [0.15, 0.2) is 11.4 Å². The molecule has 9 heteroatoms. The van der Waals surface area contributed by atoms with E-state index in [0.717, 1.165) is 49.1 Å². The molecule has 0 aliphatic carbocycles. The highest BCUT2D eigenvalue weighted by molar-refractivity contribution is 14.1. The average Bonchev–Trinajstić information content (AvgIpc) is 3.28. The van der Waals surface area contributed by atoms with Crippen LogP contribution in [0.5, 0.6) is 0 Å². The van der Waals surface area contributed by atoms with Gasteiger partial charge in [0.1, 0.15) is 12.1 Å². The van der Waals surface area contributed by atoms with Gasteiger partial charge in [-0.05, 0) is 76.9 Å². The Kier molecular flexibility index (Phi) is 7.83. The second kappa shape index (κ2) is 11.0. The molecule has 4 aromatic rings. The topological polar surface area (TPSA) is 85.2 Å². The first-order valence-corrected chi connectivity index (χ1v) is 15.8. The number of Topliss-reactive ketones (excluding diaryl/α,β-unsaturated/α-hetero) is 1. The molecule has 204 valence electrons. The molecule has 1 saturated heterocycles. The van der Waals surface area contributed by atoms with Gasteiger partial charge in [0.25, 0.3) is 10.0 Å². The zero-order chi connectivity index (χ0) is 27.8. The zero-order valence-corrected chi connectivity index (χ0v) is 25.4. The first kappa shape index (κ1) is 27.8. The van der Waals surface area contributed by atoms with Crippen LogP contribution in [0.4, 0.5) is 5.82 Å². The van der Waals surface area contributed by atoms with Crippen LogP contribution in [-0.4, -0.2) is 41.2 Å². The van der Waals surface area contributed by atoms with Gasteiger partial charge in [-0.2, -0.15) is 0 Å². The van der Waals surface area contributed by atoms with Crippen LogP contribution in [0.3, 0.4) is 0 Å². The predicted octanol–water partition coefficient (Wildman–Crippen LogP) is 6.45. The number of piperidine rings is 1. The van der Waals surface area contributed by atoms with Gasteiger partial charge in [-0.25, -0.2) is 22.4 Å². The fourth-order valence-electron chi connectivity index (χ4n) is 5.19. The van der Waals surface area contributed by atoms with E-state index in [1.165, 1.54) is 15.9 Å². The SMILES string of the molecule is CC(C)(C)c1ccc(C(=O)CCC2CCN(c3ncnc4c3cc(I)n4S(=O)(=O)c3ccccc3)CC2)cc1. The molecule has 5 rings (SSSR count). The molecule has 2 aromatic carbocycles. The van der Waals surface area contributed by atoms with Crippen molar-refractivity contribution in [2.75, 3.05) is 18.0 Å². The highest BCUT2D eigenvalue weighted by Gasteiger charge is 2.27. The van der Waals surface area contributed by atoms with E-state index in [9.17, 15) is 13.2 Å². The number of halogens is 1. The normalized spacial score (nSPS) is 15.1. The van der Waals surface area contributed by atoms with Crippen molar-refractivity contribution in [3.63, 3.8) is 0 Å². The number of benzene rings is 2. The summed E-state index contributed by atoms with van der Waals surface area (Å²) in [6.45, 7) is 8.12. The highest BCUT2D eigenvalue weighted by atomic mass is 127. The molecule has 3 heterocycles. The van der Waals surface area contributed by atoms with Crippen LogP contribution in [0.15, 0.2) is 71.9 Å². The Morgan fingerprint density at radius 2 is 1.67 bits per heavy atom. The molecule has 0 bridgehead atoms. The van der Waals surface area contributed by atoms with Crippen molar-refractivity contribution in [2.45, 2.75) is 56.8 Å². The molecule has 0 amide bonds. The van der Waals surface area contributed by atoms with E-state index in [1.54, 1.807) is 30.3 Å². The number of hydrogen-bond acceptors (Lipinski definition) is 6. The minimum absolute atomic E-state index is 0.0713. The smallest absolute Gasteiger partial charge is 0.270 e. The summed E-state index contributed by atoms with van der Waals surface area (Å²) in [5.74, 6) is 1.43. The molecule has 0 atom stereocenters. The highest BCUT2D eigenvalue weighted by Crippen LogP contribution is 2.33. The predicted molar refractivity (Wildman–Crippen MR) is 163 cm³/mol. The van der Waals surface area contributed by atoms with E-state index in [0.29, 0.717) is 21.7 Å². The van der Waals surface area contributed by atoms with E-state index >= 15 is 0 Å². The third-order valence-electron chi connectivity index (χ3n) is 7.54. The molecule has 39 heavy (non-hydrogen) atoms. The number of fused-ring (bicyclic) bond motifs is 1. The molecule has 1 aliphatic heterocycles. The molecule has 1 fully saturated rings. The number of ketones is 1. The monoisotopic (exact) mass is 656 g/mol. The molecule has 0 N–H and O–H groups in total. The van der Waals surface area contributed by atoms with Crippen LogP contribution in [0, 0.1) is 9.62 Å². The molecule has 7 nitrogen and oxygen atoms in total. The summed E-state index contributed by atoms with van der Waals surface area (Å²) in [6.07, 6.45) is 4.79. The summed E-state index contributed by atoms with van der Waals surface area (Å²) < 4.78 is 28.7. The molecule has 0 unspecified atom stereocenters. The van der Waals surface area contributed by atoms with Crippen molar-refractivity contribution in [3.8, 4) is 0 Å². The van der Waals surface area contributed by atoms with Crippen molar-refractivity contribution in [3.05, 3.63) is 81.8 Å². The van der Waals surface area contributed by atoms with Crippen LogP contribution in [0.25, 0.3) is 11.0 Å². The van der Waals surface area contributed by atoms with E-state index in [-0.39, 0.29) is 16.1 Å². The van der Waals surface area contributed by atoms with E-state index in [4.69, 9.17) is 0 Å². The lowest BCUT2D eigenvalue weighted by molar-refractivity contribution is 0.0971. The standard InChI is InChI=1S/C30H33IN4O3S/c1-30(2,3)23-12-10-22(11-13-23)26(36)14-9-21-15-17-34(18-16-21)28-25-19-27(31)35(29(25)33-20-32-28)39(37,38)24-7-5-4-6-8-24/h4-8,10-13,19-21H,9,14-18H2,1-3H3. The third kappa shape index (κ3) is 5.75. The fraction of sp³-hybridized carbons (Fsp3) is 0.367. The van der Waals surface area contributed by atoms with E-state index in [2.05, 4.69) is 47.8 Å². The van der Waals surface area contributed by atoms with Crippen LogP contribution in [0.1, 0.15) is 62.4 Å². The Morgan fingerprint density at radius 1 is 1.00 bits per heavy atom. The Labute approximate surface area is 243 Å². The Bertz CT molecular complexity index is 1590. The van der Waals surface area contributed by atoms with Gasteiger partial charge in [-0.15, -0.1) is 0 Å². The molecule has 0 radical (unpaired) electrons. The Hall–Kier alpha value is -2.79. The summed E-state index contributed by atoms with van der Waals surface area (Å²) >= 11 is 2.05. The van der Waals surface area contributed by atoms with Gasteiger partial charge < -0.3 is 4.90 Å². The number of carbonyl (C=O) groups excluding carboxylic acids is 1. The quantitative estimate of drug-likeness (QED) is 0.168.